The van der Waals surface area contributed by atoms with Gasteiger partial charge >= 0.3 is 0 Å². The van der Waals surface area contributed by atoms with Gasteiger partial charge in [-0.3, -0.25) is 0 Å². The van der Waals surface area contributed by atoms with Gasteiger partial charge in [-0.15, -0.1) is 0 Å². The molecule has 1 saturated heterocycles. The van der Waals surface area contributed by atoms with E-state index < -0.39 is 14.6 Å². The van der Waals surface area contributed by atoms with E-state index in [-0.39, 0.29) is 11.3 Å². The molecule has 3 aliphatic rings. The number of sulfone groups is 1. The van der Waals surface area contributed by atoms with Crippen LogP contribution >= 0.6 is 0 Å². The summed E-state index contributed by atoms with van der Waals surface area (Å²) in [5, 5.41) is -0.240. The van der Waals surface area contributed by atoms with Crippen LogP contribution < -0.4 is 10.6 Å². The highest BCUT2D eigenvalue weighted by atomic mass is 32.2. The first-order chi connectivity index (χ1) is 14.9. The quantitative estimate of drug-likeness (QED) is 0.710. The van der Waals surface area contributed by atoms with Gasteiger partial charge in [-0.2, -0.15) is 0 Å². The van der Waals surface area contributed by atoms with Crippen molar-refractivity contribution >= 4 is 21.3 Å². The number of anilines is 2. The van der Waals surface area contributed by atoms with Gasteiger partial charge in [0.15, 0.2) is 15.7 Å². The van der Waals surface area contributed by atoms with E-state index in [2.05, 4.69) is 11.8 Å². The van der Waals surface area contributed by atoms with Crippen molar-refractivity contribution in [3.05, 3.63) is 36.0 Å². The van der Waals surface area contributed by atoms with E-state index in [1.165, 1.54) is 0 Å². The zero-order chi connectivity index (χ0) is 21.6. The van der Waals surface area contributed by atoms with E-state index in [0.29, 0.717) is 43.3 Å². The van der Waals surface area contributed by atoms with Gasteiger partial charge in [-0.25, -0.2) is 18.4 Å². The van der Waals surface area contributed by atoms with Gasteiger partial charge < -0.3 is 15.4 Å². The lowest BCUT2D eigenvalue weighted by Crippen LogP contribution is -2.44. The molecule has 2 heterocycles. The summed E-state index contributed by atoms with van der Waals surface area (Å²) in [6, 6.07) is 9.52. The van der Waals surface area contributed by atoms with E-state index in [0.717, 1.165) is 43.6 Å². The first kappa shape index (κ1) is 20.7. The van der Waals surface area contributed by atoms with Crippen molar-refractivity contribution in [3.63, 3.8) is 0 Å². The van der Waals surface area contributed by atoms with Crippen LogP contribution in [0.2, 0.25) is 0 Å². The maximum Gasteiger partial charge on any atom is 0.164 e. The second-order valence-electron chi connectivity index (χ2n) is 9.12. The van der Waals surface area contributed by atoms with Gasteiger partial charge in [0.2, 0.25) is 0 Å². The van der Waals surface area contributed by atoms with Crippen molar-refractivity contribution in [1.29, 1.82) is 0 Å². The maximum absolute atomic E-state index is 13.7. The fourth-order valence-electron chi connectivity index (χ4n) is 4.96. The number of nitrogens with zero attached hydrogens (tertiary/aromatic N) is 3. The molecule has 2 aliphatic carbocycles. The molecule has 3 fully saturated rings. The predicted molar refractivity (Wildman–Crippen MR) is 122 cm³/mol. The Hall–Kier alpha value is -2.19. The normalized spacial score (nSPS) is 23.8. The van der Waals surface area contributed by atoms with Crippen LogP contribution in [0.1, 0.15) is 51.1 Å². The Morgan fingerprint density at radius 2 is 1.84 bits per heavy atom. The average Bonchev–Trinajstić information content (AvgIpc) is 3.41. The fraction of sp³-hybridized carbons (Fsp3) is 0.565. The lowest BCUT2D eigenvalue weighted by molar-refractivity contribution is 0.0985. The van der Waals surface area contributed by atoms with Crippen LogP contribution in [-0.2, 0) is 19.3 Å². The molecular formula is C23H30N4O3S. The fourth-order valence-corrected chi connectivity index (χ4v) is 7.62. The van der Waals surface area contributed by atoms with Crippen LogP contribution in [0.25, 0.3) is 11.4 Å². The summed E-state index contributed by atoms with van der Waals surface area (Å²) in [6.45, 7) is 4.08. The minimum atomic E-state index is -3.30. The topological polar surface area (TPSA) is 98.4 Å². The molecule has 2 saturated carbocycles. The lowest BCUT2D eigenvalue weighted by Gasteiger charge is -2.35. The summed E-state index contributed by atoms with van der Waals surface area (Å²) in [5.41, 5.74) is 8.02. The molecule has 8 heteroatoms. The van der Waals surface area contributed by atoms with Crippen molar-refractivity contribution in [2.75, 3.05) is 30.4 Å². The highest BCUT2D eigenvalue weighted by molar-refractivity contribution is 7.93. The van der Waals surface area contributed by atoms with Crippen LogP contribution in [-0.4, -0.2) is 49.4 Å². The number of aromatic nitrogens is 2. The van der Waals surface area contributed by atoms with Gasteiger partial charge in [-0.1, -0.05) is 12.8 Å². The van der Waals surface area contributed by atoms with Crippen LogP contribution in [0.5, 0.6) is 0 Å². The van der Waals surface area contributed by atoms with Crippen molar-refractivity contribution in [2.24, 2.45) is 0 Å². The Morgan fingerprint density at radius 3 is 2.48 bits per heavy atom. The minimum absolute atomic E-state index is 0.164. The van der Waals surface area contributed by atoms with Crippen molar-refractivity contribution in [1.82, 2.24) is 9.97 Å². The lowest BCUT2D eigenvalue weighted by atomic mass is 10.1. The molecule has 7 nitrogen and oxygen atoms in total. The smallest absolute Gasteiger partial charge is 0.164 e. The molecule has 1 aliphatic heterocycles. The van der Waals surface area contributed by atoms with Crippen LogP contribution in [0, 0.1) is 0 Å². The van der Waals surface area contributed by atoms with Gasteiger partial charge in [0, 0.05) is 23.9 Å². The van der Waals surface area contributed by atoms with Crippen LogP contribution in [0.4, 0.5) is 11.5 Å². The van der Waals surface area contributed by atoms with Crippen molar-refractivity contribution in [3.8, 4) is 11.4 Å². The zero-order valence-electron chi connectivity index (χ0n) is 18.0. The second-order valence-corrected chi connectivity index (χ2v) is 11.7. The summed E-state index contributed by atoms with van der Waals surface area (Å²) in [7, 11) is -3.30. The maximum atomic E-state index is 13.7. The monoisotopic (exact) mass is 442 g/mol. The molecule has 0 unspecified atom stereocenters. The standard InChI is InChI=1S/C23H30N4O3S/c1-16-15-30-13-12-27(16)21-14-20(25-22(26-21)17-6-8-18(24)9-7-17)23(10-11-23)31(28,29)19-4-2-3-5-19/h6-9,14,16,19H,2-5,10-13,15,24H2,1H3/t16-/m0/s1. The van der Waals surface area contributed by atoms with Gasteiger partial charge in [0.05, 0.1) is 30.2 Å². The number of ether oxygens (including phenoxy) is 1. The van der Waals surface area contributed by atoms with E-state index in [1.807, 2.05) is 30.3 Å². The Labute approximate surface area is 183 Å². The number of hydrogen-bond donors (Lipinski definition) is 1. The summed E-state index contributed by atoms with van der Waals surface area (Å²) in [6.07, 6.45) is 4.82. The Balaban J connectivity index is 1.62. The van der Waals surface area contributed by atoms with Gasteiger partial charge in [0.25, 0.3) is 0 Å². The molecule has 1 aromatic carbocycles. The molecule has 0 radical (unpaired) electrons. The molecule has 166 valence electrons. The largest absolute Gasteiger partial charge is 0.399 e. The number of hydrogen-bond acceptors (Lipinski definition) is 7. The van der Waals surface area contributed by atoms with E-state index >= 15 is 0 Å². The number of nitrogens with two attached hydrogens (primary N) is 1. The van der Waals surface area contributed by atoms with E-state index in [9.17, 15) is 8.42 Å². The third kappa shape index (κ3) is 3.59. The van der Waals surface area contributed by atoms with Crippen LogP contribution in [0.3, 0.4) is 0 Å². The Kier molecular flexibility index (Phi) is 5.17. The first-order valence-corrected chi connectivity index (χ1v) is 12.8. The first-order valence-electron chi connectivity index (χ1n) is 11.2. The van der Waals surface area contributed by atoms with E-state index in [1.54, 1.807) is 0 Å². The molecule has 2 N–H and O–H groups in total. The van der Waals surface area contributed by atoms with Gasteiger partial charge in [-0.05, 0) is 56.9 Å². The SMILES string of the molecule is C[C@H]1COCCN1c1cc(C2(S(=O)(=O)C3CCCC3)CC2)nc(-c2ccc(N)cc2)n1. The molecule has 0 bridgehead atoms. The summed E-state index contributed by atoms with van der Waals surface area (Å²) in [5.74, 6) is 1.33. The highest BCUT2D eigenvalue weighted by Crippen LogP contribution is 2.55. The molecule has 5 rings (SSSR count). The Bertz CT molecular complexity index is 1060. The second kappa shape index (κ2) is 7.74. The number of rotatable bonds is 5. The van der Waals surface area contributed by atoms with E-state index in [4.69, 9.17) is 20.4 Å². The molecular weight excluding hydrogens is 412 g/mol. The summed E-state index contributed by atoms with van der Waals surface area (Å²) in [4.78, 5) is 11.9. The van der Waals surface area contributed by atoms with Crippen LogP contribution in [0.15, 0.2) is 30.3 Å². The number of nitrogen functional groups attached to an aromatic ring is 1. The number of morpholine rings is 1. The average molecular weight is 443 g/mol. The minimum Gasteiger partial charge on any atom is -0.399 e. The highest BCUT2D eigenvalue weighted by Gasteiger charge is 2.59. The number of benzene rings is 1. The summed E-state index contributed by atoms with van der Waals surface area (Å²) < 4.78 is 32.0. The van der Waals surface area contributed by atoms with Crippen molar-refractivity contribution in [2.45, 2.75) is 61.5 Å². The molecule has 0 spiro atoms. The molecule has 2 aromatic rings. The predicted octanol–water partition coefficient (Wildman–Crippen LogP) is 3.30. The third-order valence-corrected chi connectivity index (χ3v) is 10.1. The van der Waals surface area contributed by atoms with Gasteiger partial charge in [0.1, 0.15) is 10.6 Å². The molecule has 1 atom stereocenters. The van der Waals surface area contributed by atoms with Crippen molar-refractivity contribution < 1.29 is 13.2 Å². The summed E-state index contributed by atoms with van der Waals surface area (Å²) >= 11 is 0. The molecule has 0 amide bonds. The molecule has 31 heavy (non-hydrogen) atoms. The third-order valence-electron chi connectivity index (χ3n) is 7.00. The molecule has 1 aromatic heterocycles. The zero-order valence-corrected chi connectivity index (χ0v) is 18.8. The Morgan fingerprint density at radius 1 is 1.13 bits per heavy atom.